The first-order chi connectivity index (χ1) is 7.77. The van der Waals surface area contributed by atoms with E-state index in [1.165, 1.54) is 0 Å². The first kappa shape index (κ1) is 11.6. The Bertz CT molecular complexity index is 334. The van der Waals surface area contributed by atoms with Crippen LogP contribution in [0.1, 0.15) is 17.3 Å². The van der Waals surface area contributed by atoms with Crippen LogP contribution in [0.5, 0.6) is 0 Å². The molecule has 2 heterocycles. The first-order valence-corrected chi connectivity index (χ1v) is 6.30. The summed E-state index contributed by atoms with van der Waals surface area (Å²) in [6.07, 6.45) is 0.389. The lowest BCUT2D eigenvalue weighted by Gasteiger charge is -2.27. The number of thiophene rings is 1. The smallest absolute Gasteiger partial charge is 0.224 e. The van der Waals surface area contributed by atoms with Gasteiger partial charge in [0.15, 0.2) is 0 Å². The lowest BCUT2D eigenvalue weighted by molar-refractivity contribution is -0.135. The molecule has 1 amide bonds. The Morgan fingerprint density at radius 2 is 2.31 bits per heavy atom. The maximum Gasteiger partial charge on any atom is 0.224 e. The van der Waals surface area contributed by atoms with Crippen LogP contribution in [0.2, 0.25) is 0 Å². The zero-order valence-corrected chi connectivity index (χ0v) is 9.91. The van der Waals surface area contributed by atoms with E-state index in [-0.39, 0.29) is 11.9 Å². The van der Waals surface area contributed by atoms with Crippen molar-refractivity contribution in [1.82, 2.24) is 4.90 Å². The molecule has 1 aliphatic heterocycles. The topological polar surface area (TPSA) is 55.6 Å². The molecule has 4 nitrogen and oxygen atoms in total. The van der Waals surface area contributed by atoms with Crippen molar-refractivity contribution >= 4 is 17.2 Å². The number of rotatable bonds is 3. The van der Waals surface area contributed by atoms with Gasteiger partial charge < -0.3 is 15.4 Å². The number of hydrogen-bond acceptors (Lipinski definition) is 4. The van der Waals surface area contributed by atoms with Gasteiger partial charge >= 0.3 is 0 Å². The lowest BCUT2D eigenvalue weighted by atomic mass is 10.1. The van der Waals surface area contributed by atoms with Gasteiger partial charge in [-0.2, -0.15) is 0 Å². The summed E-state index contributed by atoms with van der Waals surface area (Å²) in [6.45, 7) is 2.66. The van der Waals surface area contributed by atoms with Crippen molar-refractivity contribution in [2.24, 2.45) is 5.73 Å². The van der Waals surface area contributed by atoms with Crippen molar-refractivity contribution in [3.05, 3.63) is 22.4 Å². The Balaban J connectivity index is 1.86. The zero-order chi connectivity index (χ0) is 11.4. The molecule has 1 atom stereocenters. The molecule has 1 saturated heterocycles. The second-order valence-electron chi connectivity index (χ2n) is 3.82. The Morgan fingerprint density at radius 1 is 1.56 bits per heavy atom. The first-order valence-electron chi connectivity index (χ1n) is 5.42. The van der Waals surface area contributed by atoms with E-state index in [2.05, 4.69) is 0 Å². The van der Waals surface area contributed by atoms with E-state index in [0.29, 0.717) is 32.7 Å². The van der Waals surface area contributed by atoms with Crippen LogP contribution in [0.4, 0.5) is 0 Å². The summed E-state index contributed by atoms with van der Waals surface area (Å²) in [5, 5.41) is 1.98. The minimum absolute atomic E-state index is 0.129. The molecule has 0 saturated carbocycles. The van der Waals surface area contributed by atoms with Crippen molar-refractivity contribution in [2.45, 2.75) is 12.5 Å². The molecule has 0 spiro atoms. The summed E-state index contributed by atoms with van der Waals surface area (Å²) in [4.78, 5) is 14.8. The summed E-state index contributed by atoms with van der Waals surface area (Å²) in [6, 6.07) is 3.76. The van der Waals surface area contributed by atoms with Gasteiger partial charge in [0.2, 0.25) is 5.91 Å². The molecular weight excluding hydrogens is 224 g/mol. The van der Waals surface area contributed by atoms with E-state index in [1.54, 1.807) is 11.3 Å². The third-order valence-electron chi connectivity index (χ3n) is 2.67. The molecule has 1 aliphatic rings. The van der Waals surface area contributed by atoms with Gasteiger partial charge in [-0.25, -0.2) is 0 Å². The van der Waals surface area contributed by atoms with Gasteiger partial charge in [-0.3, -0.25) is 4.79 Å². The third kappa shape index (κ3) is 2.81. The highest BCUT2D eigenvalue weighted by Gasteiger charge is 2.20. The molecule has 2 N–H and O–H groups in total. The van der Waals surface area contributed by atoms with Crippen molar-refractivity contribution < 1.29 is 9.53 Å². The van der Waals surface area contributed by atoms with Crippen molar-refractivity contribution in [1.29, 1.82) is 0 Å². The number of nitrogens with two attached hydrogens (primary N) is 1. The number of carbonyl (C=O) groups is 1. The van der Waals surface area contributed by atoms with Crippen molar-refractivity contribution in [2.75, 3.05) is 26.3 Å². The minimum Gasteiger partial charge on any atom is -0.378 e. The Hall–Kier alpha value is -0.910. The lowest BCUT2D eigenvalue weighted by Crippen LogP contribution is -2.41. The van der Waals surface area contributed by atoms with E-state index in [9.17, 15) is 4.79 Å². The minimum atomic E-state index is -0.171. The van der Waals surface area contributed by atoms with Gasteiger partial charge in [0.1, 0.15) is 0 Å². The van der Waals surface area contributed by atoms with Gasteiger partial charge in [-0.1, -0.05) is 6.07 Å². The van der Waals surface area contributed by atoms with E-state index in [0.717, 1.165) is 4.88 Å². The molecule has 0 aliphatic carbocycles. The molecule has 5 heteroatoms. The fraction of sp³-hybridized carbons (Fsp3) is 0.545. The third-order valence-corrected chi connectivity index (χ3v) is 3.67. The van der Waals surface area contributed by atoms with Crippen LogP contribution < -0.4 is 5.73 Å². The van der Waals surface area contributed by atoms with Crippen LogP contribution in [0, 0.1) is 0 Å². The number of hydrogen-bond donors (Lipinski definition) is 1. The van der Waals surface area contributed by atoms with E-state index < -0.39 is 0 Å². The number of amides is 1. The molecular formula is C11H16N2O2S. The van der Waals surface area contributed by atoms with Gasteiger partial charge in [0.25, 0.3) is 0 Å². The number of morpholine rings is 1. The molecule has 1 aromatic heterocycles. The maximum absolute atomic E-state index is 11.9. The van der Waals surface area contributed by atoms with Gasteiger partial charge in [0, 0.05) is 30.4 Å². The Morgan fingerprint density at radius 3 is 2.94 bits per heavy atom. The van der Waals surface area contributed by atoms with Crippen LogP contribution in [0.25, 0.3) is 0 Å². The maximum atomic E-state index is 11.9. The molecule has 0 bridgehead atoms. The summed E-state index contributed by atoms with van der Waals surface area (Å²) >= 11 is 1.60. The predicted octanol–water partition coefficient (Wildman–Crippen LogP) is 0.997. The van der Waals surface area contributed by atoms with Gasteiger partial charge in [-0.05, 0) is 11.4 Å². The molecule has 1 aromatic rings. The SMILES string of the molecule is NC(CC(=O)N1CCOCC1)c1cccs1. The average molecular weight is 240 g/mol. The molecule has 0 aromatic carbocycles. The monoisotopic (exact) mass is 240 g/mol. The highest BCUT2D eigenvalue weighted by atomic mass is 32.1. The van der Waals surface area contributed by atoms with Crippen molar-refractivity contribution in [3.63, 3.8) is 0 Å². The van der Waals surface area contributed by atoms with Crippen LogP contribution in [-0.4, -0.2) is 37.1 Å². The summed E-state index contributed by atoms with van der Waals surface area (Å²) < 4.78 is 5.20. The second-order valence-corrected chi connectivity index (χ2v) is 4.80. The van der Waals surface area contributed by atoms with Crippen LogP contribution >= 0.6 is 11.3 Å². The summed E-state index contributed by atoms with van der Waals surface area (Å²) in [5.74, 6) is 0.129. The molecule has 1 unspecified atom stereocenters. The second kappa shape index (κ2) is 5.43. The largest absolute Gasteiger partial charge is 0.378 e. The van der Waals surface area contributed by atoms with Crippen LogP contribution in [-0.2, 0) is 9.53 Å². The highest BCUT2D eigenvalue weighted by Crippen LogP contribution is 2.20. The Labute approximate surface area is 99.0 Å². The standard InChI is InChI=1S/C11H16N2O2S/c12-9(10-2-1-7-16-10)8-11(14)13-3-5-15-6-4-13/h1-2,7,9H,3-6,8,12H2. The molecule has 1 fully saturated rings. The van der Waals surface area contributed by atoms with E-state index >= 15 is 0 Å². The zero-order valence-electron chi connectivity index (χ0n) is 9.09. The normalized spacial score (nSPS) is 18.4. The fourth-order valence-corrected chi connectivity index (χ4v) is 2.46. The van der Waals surface area contributed by atoms with E-state index in [1.807, 2.05) is 22.4 Å². The van der Waals surface area contributed by atoms with Crippen LogP contribution in [0.3, 0.4) is 0 Å². The average Bonchev–Trinajstić information content (AvgIpc) is 2.83. The summed E-state index contributed by atoms with van der Waals surface area (Å²) in [7, 11) is 0. The quantitative estimate of drug-likeness (QED) is 0.857. The van der Waals surface area contributed by atoms with Crippen molar-refractivity contribution in [3.8, 4) is 0 Å². The number of ether oxygens (including phenoxy) is 1. The van der Waals surface area contributed by atoms with Crippen LogP contribution in [0.15, 0.2) is 17.5 Å². The highest BCUT2D eigenvalue weighted by molar-refractivity contribution is 7.10. The molecule has 16 heavy (non-hydrogen) atoms. The molecule has 2 rings (SSSR count). The van der Waals surface area contributed by atoms with Gasteiger partial charge in [0.05, 0.1) is 13.2 Å². The number of carbonyl (C=O) groups excluding carboxylic acids is 1. The van der Waals surface area contributed by atoms with E-state index in [4.69, 9.17) is 10.5 Å². The number of nitrogens with zero attached hydrogens (tertiary/aromatic N) is 1. The molecule has 0 radical (unpaired) electrons. The molecule has 88 valence electrons. The predicted molar refractivity (Wildman–Crippen MR) is 63.3 cm³/mol. The van der Waals surface area contributed by atoms with Gasteiger partial charge in [-0.15, -0.1) is 11.3 Å². The summed E-state index contributed by atoms with van der Waals surface area (Å²) in [5.41, 5.74) is 5.98. The Kier molecular flexibility index (Phi) is 3.93. The fourth-order valence-electron chi connectivity index (χ4n) is 1.73.